The number of amides is 7. The Morgan fingerprint density at radius 2 is 1.75 bits per heavy atom. The second kappa shape index (κ2) is 16.6. The van der Waals surface area contributed by atoms with Crippen molar-refractivity contribution in [2.24, 2.45) is 11.7 Å². The molecule has 2 aliphatic heterocycles. The average Bonchev–Trinajstić information content (AvgIpc) is 3.46. The number of fused-ring (bicyclic) bond motifs is 1. The van der Waals surface area contributed by atoms with Gasteiger partial charge in [-0.25, -0.2) is 14.5 Å². The normalized spacial score (nSPS) is 14.8. The van der Waals surface area contributed by atoms with Gasteiger partial charge in [0.15, 0.2) is 0 Å². The maximum Gasteiger partial charge on any atom is 0.325 e. The van der Waals surface area contributed by atoms with Crippen molar-refractivity contribution in [1.29, 1.82) is 5.41 Å². The lowest BCUT2D eigenvalue weighted by Gasteiger charge is -2.32. The number of carbonyl (C=O) groups is 5. The van der Waals surface area contributed by atoms with Gasteiger partial charge in [-0.3, -0.25) is 25.1 Å². The van der Waals surface area contributed by atoms with Crippen LogP contribution in [0, 0.1) is 11.3 Å². The molecule has 280 valence electrons. The molecule has 14 nitrogen and oxygen atoms in total. The first-order chi connectivity index (χ1) is 25.3. The summed E-state index contributed by atoms with van der Waals surface area (Å²) < 4.78 is 0. The monoisotopic (exact) mass is 725 g/mol. The maximum absolute atomic E-state index is 13.3. The number of piperidine rings is 1. The fourth-order valence-corrected chi connectivity index (χ4v) is 7.11. The van der Waals surface area contributed by atoms with Crippen LogP contribution in [0.4, 0.5) is 21.0 Å². The Balaban J connectivity index is 1.15. The third-order valence-electron chi connectivity index (χ3n) is 10.1. The van der Waals surface area contributed by atoms with Crippen LogP contribution >= 0.6 is 0 Å². The largest absolute Gasteiger partial charge is 0.508 e. The molecule has 2 heterocycles. The van der Waals surface area contributed by atoms with Crippen LogP contribution in [-0.4, -0.2) is 75.3 Å². The predicted octanol–water partition coefficient (Wildman–Crippen LogP) is 5.41. The Bertz CT molecular complexity index is 1890. The molecule has 1 unspecified atom stereocenters. The van der Waals surface area contributed by atoms with Crippen molar-refractivity contribution in [3.8, 4) is 11.5 Å². The van der Waals surface area contributed by atoms with Crippen LogP contribution in [0.15, 0.2) is 54.6 Å². The van der Waals surface area contributed by atoms with Gasteiger partial charge < -0.3 is 31.1 Å². The molecular formula is C39H47N7O7. The Hall–Kier alpha value is -5.92. The summed E-state index contributed by atoms with van der Waals surface area (Å²) in [6, 6.07) is 13.0. The van der Waals surface area contributed by atoms with Crippen LogP contribution in [0.2, 0.25) is 0 Å². The number of nitrogens with zero attached hydrogens (tertiary/aromatic N) is 3. The Kier molecular flexibility index (Phi) is 12.0. The van der Waals surface area contributed by atoms with E-state index >= 15 is 0 Å². The number of benzene rings is 3. The molecule has 1 fully saturated rings. The number of primary amides is 1. The molecule has 0 spiro atoms. The second-order valence-electron chi connectivity index (χ2n) is 13.9. The number of aromatic hydroxyl groups is 2. The molecule has 1 saturated heterocycles. The SMILES string of the molecule is CCCC(C(=O)NC=O)N1Cc2c(NC(=O)N3CCC(CCc4ccc(N(C(=N)c5cc(C(C)C)c(O)cc5O)C(N)=O)cc4)CC3)cccc2C1=O. The molecule has 0 aromatic heterocycles. The fourth-order valence-electron chi connectivity index (χ4n) is 7.11. The number of urea groups is 2. The summed E-state index contributed by atoms with van der Waals surface area (Å²) in [5.74, 6) is -1.28. The summed E-state index contributed by atoms with van der Waals surface area (Å²) in [5, 5.41) is 34.5. The summed E-state index contributed by atoms with van der Waals surface area (Å²) >= 11 is 0. The summed E-state index contributed by atoms with van der Waals surface area (Å²) in [7, 11) is 0. The van der Waals surface area contributed by atoms with Gasteiger partial charge in [0.05, 0.1) is 11.3 Å². The molecule has 14 heteroatoms. The van der Waals surface area contributed by atoms with Crippen LogP contribution in [0.5, 0.6) is 11.5 Å². The van der Waals surface area contributed by atoms with Gasteiger partial charge in [0.1, 0.15) is 23.4 Å². The molecule has 0 radical (unpaired) electrons. The minimum Gasteiger partial charge on any atom is -0.508 e. The zero-order valence-electron chi connectivity index (χ0n) is 30.2. The maximum atomic E-state index is 13.3. The highest BCUT2D eigenvalue weighted by Crippen LogP contribution is 2.35. The molecule has 0 aliphatic carbocycles. The topological polar surface area (TPSA) is 209 Å². The number of hydrogen-bond acceptors (Lipinski definition) is 8. The fraction of sp³-hybridized carbons (Fsp3) is 0.385. The number of phenols is 2. The predicted molar refractivity (Wildman–Crippen MR) is 200 cm³/mol. The van der Waals surface area contributed by atoms with Gasteiger partial charge in [-0.1, -0.05) is 45.4 Å². The van der Waals surface area contributed by atoms with Crippen LogP contribution in [-0.2, 0) is 22.6 Å². The number of likely N-dealkylation sites (tertiary alicyclic amines) is 1. The molecule has 7 amide bonds. The lowest BCUT2D eigenvalue weighted by molar-refractivity contribution is -0.129. The number of imide groups is 1. The van der Waals surface area contributed by atoms with Gasteiger partial charge in [0.25, 0.3) is 5.91 Å². The van der Waals surface area contributed by atoms with E-state index in [2.05, 4.69) is 10.6 Å². The number of phenolic OH excluding ortho intramolecular Hbond substituents is 2. The zero-order valence-corrected chi connectivity index (χ0v) is 30.2. The summed E-state index contributed by atoms with van der Waals surface area (Å²) in [6.07, 6.45) is 4.65. The Morgan fingerprint density at radius 1 is 1.06 bits per heavy atom. The number of nitrogens with one attached hydrogen (secondary N) is 3. The van der Waals surface area contributed by atoms with E-state index in [0.717, 1.165) is 42.2 Å². The van der Waals surface area contributed by atoms with Gasteiger partial charge in [-0.05, 0) is 85.4 Å². The second-order valence-corrected chi connectivity index (χ2v) is 13.9. The highest BCUT2D eigenvalue weighted by atomic mass is 16.3. The standard InChI is InChI=1S/C39H47N7O7/c1-4-6-32(36(50)42-22-47)45-21-30-27(37(45)51)7-5-8-31(30)43-39(53)44-17-15-25(16-18-44)10-9-24-11-13-26(14-12-24)46(38(41)52)35(40)29-19-28(23(2)3)33(48)20-34(29)49/h5,7-8,11-14,19-20,22-23,25,32,40,48-49H,4,6,9-10,15-18,21H2,1-3H3,(H2,41,52)(H,43,53)(H,42,47,50). The first kappa shape index (κ1) is 38.3. The summed E-state index contributed by atoms with van der Waals surface area (Å²) in [6.45, 7) is 6.92. The third kappa shape index (κ3) is 8.43. The van der Waals surface area contributed by atoms with Gasteiger partial charge in [0, 0.05) is 42.5 Å². The van der Waals surface area contributed by atoms with E-state index in [4.69, 9.17) is 11.1 Å². The average molecular weight is 726 g/mol. The van der Waals surface area contributed by atoms with E-state index in [1.54, 1.807) is 35.2 Å². The van der Waals surface area contributed by atoms with Crippen molar-refractivity contribution in [3.05, 3.63) is 82.4 Å². The Morgan fingerprint density at radius 3 is 2.38 bits per heavy atom. The van der Waals surface area contributed by atoms with Gasteiger partial charge in [-0.15, -0.1) is 0 Å². The van der Waals surface area contributed by atoms with Crippen LogP contribution in [0.1, 0.15) is 91.4 Å². The quantitative estimate of drug-likeness (QED) is 0.0812. The molecule has 3 aromatic rings. The number of anilines is 2. The van der Waals surface area contributed by atoms with Gasteiger partial charge in [-0.2, -0.15) is 0 Å². The van der Waals surface area contributed by atoms with Crippen LogP contribution < -0.4 is 21.3 Å². The van der Waals surface area contributed by atoms with Crippen molar-refractivity contribution in [1.82, 2.24) is 15.1 Å². The van der Waals surface area contributed by atoms with Crippen molar-refractivity contribution in [2.75, 3.05) is 23.3 Å². The van der Waals surface area contributed by atoms with Crippen molar-refractivity contribution >= 4 is 47.5 Å². The highest BCUT2D eigenvalue weighted by Gasteiger charge is 2.37. The van der Waals surface area contributed by atoms with E-state index in [1.807, 2.05) is 32.9 Å². The molecule has 3 aromatic carbocycles. The number of aryl methyl sites for hydroxylation is 1. The van der Waals surface area contributed by atoms with Crippen molar-refractivity contribution in [2.45, 2.75) is 77.8 Å². The van der Waals surface area contributed by atoms with Crippen molar-refractivity contribution in [3.63, 3.8) is 0 Å². The smallest absolute Gasteiger partial charge is 0.325 e. The molecule has 5 rings (SSSR count). The van der Waals surface area contributed by atoms with Crippen molar-refractivity contribution < 1.29 is 34.2 Å². The molecule has 1 atom stereocenters. The number of carbonyl (C=O) groups excluding carboxylic acids is 5. The number of rotatable bonds is 12. The molecule has 7 N–H and O–H groups in total. The van der Waals surface area contributed by atoms with E-state index < -0.39 is 18.0 Å². The first-order valence-corrected chi connectivity index (χ1v) is 17.9. The van der Waals surface area contributed by atoms with Crippen LogP contribution in [0.25, 0.3) is 0 Å². The summed E-state index contributed by atoms with van der Waals surface area (Å²) in [5.41, 5.74) is 9.26. The van der Waals surface area contributed by atoms with Gasteiger partial charge in [0.2, 0.25) is 12.3 Å². The minimum absolute atomic E-state index is 0.0715. The molecule has 0 saturated carbocycles. The molecule has 2 aliphatic rings. The lowest BCUT2D eigenvalue weighted by atomic mass is 9.90. The minimum atomic E-state index is -0.884. The van der Waals surface area contributed by atoms with Crippen LogP contribution in [0.3, 0.4) is 0 Å². The zero-order chi connectivity index (χ0) is 38.4. The van der Waals surface area contributed by atoms with E-state index in [-0.39, 0.29) is 47.3 Å². The molecule has 0 bridgehead atoms. The van der Waals surface area contributed by atoms with E-state index in [1.165, 1.54) is 11.0 Å². The summed E-state index contributed by atoms with van der Waals surface area (Å²) in [4.78, 5) is 66.8. The number of hydrogen-bond donors (Lipinski definition) is 6. The molecular weight excluding hydrogens is 678 g/mol. The van der Waals surface area contributed by atoms with E-state index in [9.17, 15) is 34.2 Å². The third-order valence-corrected chi connectivity index (χ3v) is 10.1. The number of nitrogens with two attached hydrogens (primary N) is 1. The van der Waals surface area contributed by atoms with E-state index in [0.29, 0.717) is 66.3 Å². The van der Waals surface area contributed by atoms with Gasteiger partial charge >= 0.3 is 12.1 Å². The number of amidine groups is 1. The highest BCUT2D eigenvalue weighted by molar-refractivity contribution is 6.22. The first-order valence-electron chi connectivity index (χ1n) is 17.9. The molecule has 53 heavy (non-hydrogen) atoms. The Labute approximate surface area is 308 Å². The lowest BCUT2D eigenvalue weighted by Crippen LogP contribution is -2.46.